The van der Waals surface area contributed by atoms with Crippen LogP contribution in [0.5, 0.6) is 0 Å². The van der Waals surface area contributed by atoms with Crippen molar-refractivity contribution in [3.63, 3.8) is 0 Å². The van der Waals surface area contributed by atoms with E-state index >= 15 is 0 Å². The average molecular weight is 279 g/mol. The Balaban J connectivity index is 2.72. The van der Waals surface area contributed by atoms with Crippen LogP contribution in [0.4, 0.5) is 0 Å². The second kappa shape index (κ2) is 6.29. The molecule has 6 nitrogen and oxygen atoms in total. The van der Waals surface area contributed by atoms with E-state index in [0.717, 1.165) is 0 Å². The lowest BCUT2D eigenvalue weighted by Gasteiger charge is -2.34. The van der Waals surface area contributed by atoms with Gasteiger partial charge in [-0.05, 0) is 19.3 Å². The van der Waals surface area contributed by atoms with E-state index in [2.05, 4.69) is 18.6 Å². The number of ether oxygens (including phenoxy) is 1. The maximum Gasteiger partial charge on any atom is 0.280 e. The minimum Gasteiger partial charge on any atom is -0.379 e. The van der Waals surface area contributed by atoms with Gasteiger partial charge in [0.2, 0.25) is 0 Å². The van der Waals surface area contributed by atoms with Gasteiger partial charge in [-0.2, -0.15) is 17.4 Å². The van der Waals surface area contributed by atoms with Gasteiger partial charge in [0.1, 0.15) is 0 Å². The van der Waals surface area contributed by atoms with E-state index in [-0.39, 0.29) is 6.54 Å². The summed E-state index contributed by atoms with van der Waals surface area (Å²) in [5.74, 6) is 0.380. The first-order valence-corrected chi connectivity index (χ1v) is 7.80. The molecule has 7 heteroatoms. The second-order valence-corrected chi connectivity index (χ2v) is 7.15. The summed E-state index contributed by atoms with van der Waals surface area (Å²) >= 11 is 0. The van der Waals surface area contributed by atoms with Crippen LogP contribution in [0.2, 0.25) is 0 Å². The van der Waals surface area contributed by atoms with Crippen molar-refractivity contribution in [2.75, 3.05) is 32.8 Å². The molecule has 1 aliphatic heterocycles. The zero-order valence-electron chi connectivity index (χ0n) is 11.5. The minimum absolute atomic E-state index is 0.286. The third-order valence-electron chi connectivity index (χ3n) is 2.99. The normalized spacial score (nSPS) is 22.1. The third-order valence-corrected chi connectivity index (χ3v) is 4.79. The lowest BCUT2D eigenvalue weighted by atomic mass is 9.92. The Morgan fingerprint density at radius 3 is 2.39 bits per heavy atom. The standard InChI is InChI=1S/C11H25N3O3S/c1-10(2)8-11(3,9-12)13-18(15,16)14-4-6-17-7-5-14/h10,13H,4-9,12H2,1-3H3. The van der Waals surface area contributed by atoms with Gasteiger partial charge in [-0.15, -0.1) is 0 Å². The van der Waals surface area contributed by atoms with Crippen molar-refractivity contribution in [3.8, 4) is 0 Å². The molecular formula is C11H25N3O3S. The zero-order valence-corrected chi connectivity index (χ0v) is 12.3. The number of rotatable bonds is 6. The molecule has 108 valence electrons. The fourth-order valence-corrected chi connectivity index (χ4v) is 3.78. The first-order valence-electron chi connectivity index (χ1n) is 6.36. The summed E-state index contributed by atoms with van der Waals surface area (Å²) in [6, 6.07) is 0. The summed E-state index contributed by atoms with van der Waals surface area (Å²) in [5, 5.41) is 0. The van der Waals surface area contributed by atoms with Crippen molar-refractivity contribution >= 4 is 10.2 Å². The molecule has 1 aliphatic rings. The van der Waals surface area contributed by atoms with Crippen LogP contribution in [0, 0.1) is 5.92 Å². The molecule has 0 aromatic rings. The van der Waals surface area contributed by atoms with Crippen molar-refractivity contribution in [3.05, 3.63) is 0 Å². The largest absolute Gasteiger partial charge is 0.379 e. The lowest BCUT2D eigenvalue weighted by molar-refractivity contribution is 0.0719. The van der Waals surface area contributed by atoms with Gasteiger partial charge in [0.05, 0.1) is 13.2 Å². The summed E-state index contributed by atoms with van der Waals surface area (Å²) in [5.41, 5.74) is 5.13. The lowest BCUT2D eigenvalue weighted by Crippen LogP contribution is -2.57. The van der Waals surface area contributed by atoms with Crippen LogP contribution in [0.25, 0.3) is 0 Å². The molecule has 1 heterocycles. The molecule has 1 saturated heterocycles. The predicted octanol–water partition coefficient (Wildman–Crippen LogP) is -0.0835. The van der Waals surface area contributed by atoms with Crippen LogP contribution in [-0.4, -0.2) is 51.1 Å². The van der Waals surface area contributed by atoms with Gasteiger partial charge < -0.3 is 10.5 Å². The third kappa shape index (κ3) is 4.47. The molecule has 0 saturated carbocycles. The van der Waals surface area contributed by atoms with Gasteiger partial charge in [-0.25, -0.2) is 0 Å². The summed E-state index contributed by atoms with van der Waals surface area (Å²) in [6.07, 6.45) is 0.715. The molecule has 0 bridgehead atoms. The predicted molar refractivity (Wildman–Crippen MR) is 71.4 cm³/mol. The highest BCUT2D eigenvalue weighted by Gasteiger charge is 2.33. The van der Waals surface area contributed by atoms with Crippen LogP contribution in [0.15, 0.2) is 0 Å². The second-order valence-electron chi connectivity index (χ2n) is 5.48. The molecule has 1 fully saturated rings. The van der Waals surface area contributed by atoms with Crippen molar-refractivity contribution in [1.82, 2.24) is 9.03 Å². The molecule has 3 N–H and O–H groups in total. The Bertz CT molecular complexity index is 353. The van der Waals surface area contributed by atoms with Crippen molar-refractivity contribution in [2.24, 2.45) is 11.7 Å². The van der Waals surface area contributed by atoms with E-state index < -0.39 is 15.7 Å². The number of nitrogens with zero attached hydrogens (tertiary/aromatic N) is 1. The number of nitrogens with one attached hydrogen (secondary N) is 1. The SMILES string of the molecule is CC(C)CC(C)(CN)NS(=O)(=O)N1CCOCC1. The van der Waals surface area contributed by atoms with Crippen molar-refractivity contribution < 1.29 is 13.2 Å². The first kappa shape index (κ1) is 15.8. The van der Waals surface area contributed by atoms with Crippen LogP contribution in [-0.2, 0) is 14.9 Å². The van der Waals surface area contributed by atoms with Gasteiger partial charge in [0.25, 0.3) is 10.2 Å². The Morgan fingerprint density at radius 1 is 1.39 bits per heavy atom. The molecule has 0 amide bonds. The number of nitrogens with two attached hydrogens (primary N) is 1. The Labute approximate surface area is 110 Å². The first-order chi connectivity index (χ1) is 8.29. The fourth-order valence-electron chi connectivity index (χ4n) is 2.23. The number of hydrogen-bond acceptors (Lipinski definition) is 4. The van der Waals surface area contributed by atoms with Gasteiger partial charge in [0, 0.05) is 25.2 Å². The monoisotopic (exact) mass is 279 g/mol. The molecule has 0 aromatic heterocycles. The van der Waals surface area contributed by atoms with Crippen LogP contribution >= 0.6 is 0 Å². The molecule has 18 heavy (non-hydrogen) atoms. The molecular weight excluding hydrogens is 254 g/mol. The molecule has 0 aliphatic carbocycles. The van der Waals surface area contributed by atoms with Crippen LogP contribution < -0.4 is 10.5 Å². The quantitative estimate of drug-likeness (QED) is 0.712. The summed E-state index contributed by atoms with van der Waals surface area (Å²) in [6.45, 7) is 7.94. The Morgan fingerprint density at radius 2 is 1.94 bits per heavy atom. The highest BCUT2D eigenvalue weighted by molar-refractivity contribution is 7.87. The molecule has 0 aromatic carbocycles. The Hall–Kier alpha value is -0.210. The van der Waals surface area contributed by atoms with E-state index in [0.29, 0.717) is 38.6 Å². The van der Waals surface area contributed by atoms with Gasteiger partial charge >= 0.3 is 0 Å². The van der Waals surface area contributed by atoms with Crippen molar-refractivity contribution in [1.29, 1.82) is 0 Å². The van der Waals surface area contributed by atoms with Crippen molar-refractivity contribution in [2.45, 2.75) is 32.7 Å². The van der Waals surface area contributed by atoms with E-state index in [1.165, 1.54) is 4.31 Å². The van der Waals surface area contributed by atoms with Crippen LogP contribution in [0.3, 0.4) is 0 Å². The topological polar surface area (TPSA) is 84.7 Å². The maximum absolute atomic E-state index is 12.2. The molecule has 0 radical (unpaired) electrons. The summed E-state index contributed by atoms with van der Waals surface area (Å²) in [7, 11) is -3.48. The van der Waals surface area contributed by atoms with E-state index in [1.54, 1.807) is 0 Å². The van der Waals surface area contributed by atoms with Gasteiger partial charge in [-0.1, -0.05) is 13.8 Å². The fraction of sp³-hybridized carbons (Fsp3) is 1.00. The maximum atomic E-state index is 12.2. The molecule has 1 unspecified atom stereocenters. The molecule has 1 rings (SSSR count). The zero-order chi connectivity index (χ0) is 13.8. The van der Waals surface area contributed by atoms with Crippen LogP contribution in [0.1, 0.15) is 27.2 Å². The highest BCUT2D eigenvalue weighted by atomic mass is 32.2. The van der Waals surface area contributed by atoms with E-state index in [9.17, 15) is 8.42 Å². The smallest absolute Gasteiger partial charge is 0.280 e. The number of morpholine rings is 1. The highest BCUT2D eigenvalue weighted by Crippen LogP contribution is 2.17. The molecule has 0 spiro atoms. The van der Waals surface area contributed by atoms with E-state index in [4.69, 9.17) is 10.5 Å². The summed E-state index contributed by atoms with van der Waals surface area (Å²) < 4.78 is 33.8. The van der Waals surface area contributed by atoms with E-state index in [1.807, 2.05) is 6.92 Å². The average Bonchev–Trinajstić information content (AvgIpc) is 2.28. The molecule has 1 atom stereocenters. The minimum atomic E-state index is -3.48. The van der Waals surface area contributed by atoms with Gasteiger partial charge in [0.15, 0.2) is 0 Å². The number of hydrogen-bond donors (Lipinski definition) is 2. The van der Waals surface area contributed by atoms with Gasteiger partial charge in [-0.3, -0.25) is 0 Å². The summed E-state index contributed by atoms with van der Waals surface area (Å²) in [4.78, 5) is 0. The Kier molecular flexibility index (Phi) is 5.54.